The molecule has 0 saturated carbocycles. The molecule has 0 aromatic carbocycles. The molecule has 0 saturated heterocycles. The molecule has 0 aliphatic carbocycles. The van der Waals surface area contributed by atoms with E-state index in [1.54, 1.807) is 0 Å². The molecular formula is C12H26O8P2S. The zero-order valence-corrected chi connectivity index (χ0v) is 16.1. The zero-order valence-electron chi connectivity index (χ0n) is 13.4. The first-order valence-corrected chi connectivity index (χ1v) is 11.0. The van der Waals surface area contributed by atoms with Crippen LogP contribution in [0.5, 0.6) is 0 Å². The van der Waals surface area contributed by atoms with E-state index in [9.17, 15) is 28.8 Å². The lowest BCUT2D eigenvalue weighted by Gasteiger charge is -2.32. The Labute approximate surface area is 142 Å². The summed E-state index contributed by atoms with van der Waals surface area (Å²) in [4.78, 5) is 31.0. The fourth-order valence-corrected chi connectivity index (χ4v) is 5.45. The third-order valence-corrected chi connectivity index (χ3v) is 8.56. The quantitative estimate of drug-likeness (QED) is 0.214. The van der Waals surface area contributed by atoms with Crippen molar-refractivity contribution in [1.82, 2.24) is 0 Å². The molecule has 0 rings (SSSR count). The number of carbonyl (C=O) groups is 1. The number of Topliss-reactive ketones (excluding diaryl/α,β-unsaturated/α-hetero) is 1. The first-order chi connectivity index (χ1) is 10.6. The molecule has 0 aliphatic rings. The van der Waals surface area contributed by atoms with Gasteiger partial charge in [-0.15, -0.1) is 0 Å². The lowest BCUT2D eigenvalue weighted by atomic mass is 10.1. The lowest BCUT2D eigenvalue weighted by molar-refractivity contribution is -0.119. The van der Waals surface area contributed by atoms with E-state index in [1.807, 2.05) is 0 Å². The maximum Gasteiger partial charge on any atom is 0.371 e. The minimum atomic E-state index is -4.83. The molecular weight excluding hydrogens is 366 g/mol. The van der Waals surface area contributed by atoms with Crippen molar-refractivity contribution < 1.29 is 37.9 Å². The lowest BCUT2D eigenvalue weighted by Crippen LogP contribution is -2.30. The van der Waals surface area contributed by atoms with E-state index >= 15 is 0 Å². The van der Waals surface area contributed by atoms with Crippen LogP contribution in [0.15, 0.2) is 0 Å². The van der Waals surface area contributed by atoms with Crippen LogP contribution >= 0.6 is 27.8 Å². The number of hydrogen-bond donors (Lipinski definition) is 4. The zero-order chi connectivity index (χ0) is 18.1. The van der Waals surface area contributed by atoms with Gasteiger partial charge in [0.2, 0.25) is 0 Å². The largest absolute Gasteiger partial charge is 0.371 e. The van der Waals surface area contributed by atoms with Gasteiger partial charge in [-0.05, 0) is 25.0 Å². The smallest absolute Gasteiger partial charge is 0.368 e. The number of unbranched alkanes of at least 4 members (excludes halogenated alkanes) is 2. The van der Waals surface area contributed by atoms with Gasteiger partial charge in [-0.1, -0.05) is 6.42 Å². The minimum absolute atomic E-state index is 0.0244. The Bertz CT molecular complexity index is 446. The molecule has 0 spiro atoms. The molecule has 0 aromatic heterocycles. The highest BCUT2D eigenvalue weighted by Crippen LogP contribution is 2.73. The minimum Gasteiger partial charge on any atom is -0.368 e. The fraction of sp³-hybridized carbons (Fsp3) is 0.917. The molecule has 0 aliphatic heterocycles. The molecule has 0 aromatic rings. The van der Waals surface area contributed by atoms with Gasteiger partial charge in [0.15, 0.2) is 0 Å². The van der Waals surface area contributed by atoms with Crippen molar-refractivity contribution >= 4 is 33.6 Å². The summed E-state index contributed by atoms with van der Waals surface area (Å²) in [6.45, 7) is 0. The van der Waals surface area contributed by atoms with Gasteiger partial charge in [0.25, 0.3) is 5.08 Å². The molecule has 0 amide bonds. The van der Waals surface area contributed by atoms with Crippen LogP contribution in [0.4, 0.5) is 0 Å². The van der Waals surface area contributed by atoms with E-state index < -0.39 is 26.7 Å². The Morgan fingerprint density at radius 2 is 1.48 bits per heavy atom. The highest BCUT2D eigenvalue weighted by Gasteiger charge is 2.60. The Morgan fingerprint density at radius 1 is 1.00 bits per heavy atom. The summed E-state index contributed by atoms with van der Waals surface area (Å²) in [5, 5.41) is 7.27. The number of ketones is 1. The summed E-state index contributed by atoms with van der Waals surface area (Å²) >= 11 is 4.07. The second-order valence-corrected chi connectivity index (χ2v) is 10.2. The van der Waals surface area contributed by atoms with Crippen molar-refractivity contribution in [3.63, 3.8) is 0 Å². The molecule has 0 radical (unpaired) electrons. The third kappa shape index (κ3) is 6.59. The van der Waals surface area contributed by atoms with Crippen LogP contribution in [-0.4, -0.2) is 45.7 Å². The summed E-state index contributed by atoms with van der Waals surface area (Å²) in [5.41, 5.74) is 0. The molecule has 2 atom stereocenters. The van der Waals surface area contributed by atoms with Crippen molar-refractivity contribution in [2.24, 2.45) is 0 Å². The maximum absolute atomic E-state index is 11.9. The van der Waals surface area contributed by atoms with Crippen molar-refractivity contribution in [2.45, 2.75) is 50.0 Å². The Hall–Kier alpha value is 0.280. The summed E-state index contributed by atoms with van der Waals surface area (Å²) in [7, 11) is -7.97. The second-order valence-electron chi connectivity index (χ2n) is 5.11. The van der Waals surface area contributed by atoms with Crippen LogP contribution in [0.25, 0.3) is 0 Å². The molecule has 0 bridgehead atoms. The average molecular weight is 392 g/mol. The fourth-order valence-electron chi connectivity index (χ4n) is 1.99. The van der Waals surface area contributed by atoms with Gasteiger partial charge in [0.05, 0.1) is 0 Å². The van der Waals surface area contributed by atoms with Crippen molar-refractivity contribution in [2.75, 3.05) is 20.0 Å². The van der Waals surface area contributed by atoms with E-state index in [4.69, 9.17) is 0 Å². The second kappa shape index (κ2) is 10.3. The third-order valence-electron chi connectivity index (χ3n) is 3.48. The number of aliphatic hydroxyl groups is 1. The van der Waals surface area contributed by atoms with E-state index in [0.717, 1.165) is 39.2 Å². The predicted molar refractivity (Wildman–Crippen MR) is 89.8 cm³/mol. The SMILES string of the molecule is COP(=O)(O)C(O)(CCCC(=O)CCCCCS)P(=O)(O)OC. The summed E-state index contributed by atoms with van der Waals surface area (Å²) in [6, 6.07) is 0. The summed E-state index contributed by atoms with van der Waals surface area (Å²) in [5.74, 6) is 0.675. The predicted octanol–water partition coefficient (Wildman–Crippen LogP) is 2.53. The van der Waals surface area contributed by atoms with Gasteiger partial charge in [0, 0.05) is 33.5 Å². The van der Waals surface area contributed by atoms with Crippen molar-refractivity contribution in [3.8, 4) is 0 Å². The highest BCUT2D eigenvalue weighted by atomic mass is 32.1. The average Bonchev–Trinajstić information content (AvgIpc) is 2.50. The van der Waals surface area contributed by atoms with Gasteiger partial charge in [0.1, 0.15) is 5.78 Å². The Kier molecular flexibility index (Phi) is 10.4. The van der Waals surface area contributed by atoms with Gasteiger partial charge in [-0.2, -0.15) is 12.6 Å². The van der Waals surface area contributed by atoms with E-state index in [0.29, 0.717) is 6.42 Å². The molecule has 8 nitrogen and oxygen atoms in total. The van der Waals surface area contributed by atoms with Crippen LogP contribution < -0.4 is 0 Å². The molecule has 138 valence electrons. The number of rotatable bonds is 13. The number of hydrogen-bond acceptors (Lipinski definition) is 7. The molecule has 23 heavy (non-hydrogen) atoms. The molecule has 0 fully saturated rings. The van der Waals surface area contributed by atoms with Gasteiger partial charge < -0.3 is 23.9 Å². The Morgan fingerprint density at radius 3 is 1.91 bits per heavy atom. The standard InChI is InChI=1S/C12H26O8P2S/c1-19-21(15,16)12(14,22(17,18)20-2)9-6-8-11(13)7-4-3-5-10-23/h14,23H,3-10H2,1-2H3,(H,15,16)(H,17,18). The monoisotopic (exact) mass is 392 g/mol. The normalized spacial score (nSPS) is 19.6. The van der Waals surface area contributed by atoms with E-state index in [2.05, 4.69) is 21.7 Å². The van der Waals surface area contributed by atoms with Crippen molar-refractivity contribution in [3.05, 3.63) is 0 Å². The van der Waals surface area contributed by atoms with Crippen LogP contribution in [0.2, 0.25) is 0 Å². The molecule has 2 unspecified atom stereocenters. The summed E-state index contributed by atoms with van der Waals surface area (Å²) < 4.78 is 32.4. The van der Waals surface area contributed by atoms with Crippen LogP contribution in [0.3, 0.4) is 0 Å². The molecule has 11 heteroatoms. The first kappa shape index (κ1) is 23.3. The number of carbonyl (C=O) groups excluding carboxylic acids is 1. The topological polar surface area (TPSA) is 130 Å². The van der Waals surface area contributed by atoms with Gasteiger partial charge in [-0.25, -0.2) is 0 Å². The maximum atomic E-state index is 11.9. The van der Waals surface area contributed by atoms with E-state index in [1.165, 1.54) is 0 Å². The van der Waals surface area contributed by atoms with Crippen LogP contribution in [-0.2, 0) is 23.0 Å². The van der Waals surface area contributed by atoms with Crippen LogP contribution in [0.1, 0.15) is 44.9 Å². The molecule has 3 N–H and O–H groups in total. The molecule has 0 heterocycles. The van der Waals surface area contributed by atoms with Gasteiger partial charge >= 0.3 is 15.2 Å². The van der Waals surface area contributed by atoms with Crippen LogP contribution in [0, 0.1) is 0 Å². The first-order valence-electron chi connectivity index (χ1n) is 7.20. The van der Waals surface area contributed by atoms with E-state index in [-0.39, 0.29) is 18.6 Å². The Balaban J connectivity index is 4.69. The number of thiol groups is 1. The van der Waals surface area contributed by atoms with Gasteiger partial charge in [-0.3, -0.25) is 13.9 Å². The summed E-state index contributed by atoms with van der Waals surface area (Å²) in [6.07, 6.45) is 2.29. The van der Waals surface area contributed by atoms with Crippen molar-refractivity contribution in [1.29, 1.82) is 0 Å². The highest BCUT2D eigenvalue weighted by molar-refractivity contribution is 7.80.